The van der Waals surface area contributed by atoms with Gasteiger partial charge in [-0.05, 0) is 57.8 Å². The molecule has 1 atom stereocenters. The monoisotopic (exact) mass is 370 g/mol. The number of benzene rings is 1. The van der Waals surface area contributed by atoms with E-state index in [9.17, 15) is 8.78 Å². The molecule has 2 rings (SSSR count). The van der Waals surface area contributed by atoms with E-state index in [1.54, 1.807) is 0 Å². The Labute approximate surface area is 114 Å². The SMILES string of the molecule is Fc1ccc(F)c(C(Cl)c2csc(I)c2)c1. The van der Waals surface area contributed by atoms with Gasteiger partial charge >= 0.3 is 0 Å². The lowest BCUT2D eigenvalue weighted by atomic mass is 10.1. The van der Waals surface area contributed by atoms with Gasteiger partial charge in [0.15, 0.2) is 0 Å². The molecule has 1 aromatic carbocycles. The van der Waals surface area contributed by atoms with Gasteiger partial charge in [0, 0.05) is 5.56 Å². The molecular formula is C11H6ClF2IS. The van der Waals surface area contributed by atoms with Crippen molar-refractivity contribution in [2.45, 2.75) is 5.38 Å². The highest BCUT2D eigenvalue weighted by atomic mass is 127. The van der Waals surface area contributed by atoms with Crippen molar-refractivity contribution in [3.8, 4) is 0 Å². The molecule has 0 aliphatic rings. The van der Waals surface area contributed by atoms with Crippen LogP contribution in [0.15, 0.2) is 29.6 Å². The van der Waals surface area contributed by atoms with Crippen LogP contribution in [0.5, 0.6) is 0 Å². The molecule has 0 nitrogen and oxygen atoms in total. The van der Waals surface area contributed by atoms with Gasteiger partial charge in [0.25, 0.3) is 0 Å². The molecule has 0 saturated carbocycles. The lowest BCUT2D eigenvalue weighted by Gasteiger charge is -2.09. The summed E-state index contributed by atoms with van der Waals surface area (Å²) >= 11 is 9.80. The topological polar surface area (TPSA) is 0 Å². The molecule has 1 unspecified atom stereocenters. The van der Waals surface area contributed by atoms with E-state index in [1.807, 2.05) is 11.4 Å². The summed E-state index contributed by atoms with van der Waals surface area (Å²) in [6, 6.07) is 5.18. The van der Waals surface area contributed by atoms with Crippen molar-refractivity contribution in [3.63, 3.8) is 0 Å². The zero-order valence-electron chi connectivity index (χ0n) is 7.88. The standard InChI is InChI=1S/C11H6ClF2IS/c12-11(6-3-10(15)16-5-6)8-4-7(13)1-2-9(8)14/h1-5,11H. The van der Waals surface area contributed by atoms with Crippen LogP contribution in [0.4, 0.5) is 8.78 Å². The molecular weight excluding hydrogens is 365 g/mol. The van der Waals surface area contributed by atoms with Crippen LogP contribution in [0.25, 0.3) is 0 Å². The van der Waals surface area contributed by atoms with Crippen LogP contribution in [-0.4, -0.2) is 0 Å². The summed E-state index contributed by atoms with van der Waals surface area (Å²) in [6.45, 7) is 0. The number of hydrogen-bond donors (Lipinski definition) is 0. The van der Waals surface area contributed by atoms with Gasteiger partial charge in [0.2, 0.25) is 0 Å². The third-order valence-electron chi connectivity index (χ3n) is 2.11. The molecule has 0 bridgehead atoms. The van der Waals surface area contributed by atoms with Crippen LogP contribution in [-0.2, 0) is 0 Å². The molecule has 0 amide bonds. The second kappa shape index (κ2) is 4.98. The van der Waals surface area contributed by atoms with Crippen molar-refractivity contribution in [1.82, 2.24) is 0 Å². The molecule has 84 valence electrons. The van der Waals surface area contributed by atoms with Crippen LogP contribution in [0.3, 0.4) is 0 Å². The molecule has 1 aromatic heterocycles. The van der Waals surface area contributed by atoms with E-state index in [0.29, 0.717) is 0 Å². The highest BCUT2D eigenvalue weighted by Gasteiger charge is 2.17. The van der Waals surface area contributed by atoms with Gasteiger partial charge in [-0.25, -0.2) is 8.78 Å². The highest BCUT2D eigenvalue weighted by molar-refractivity contribution is 14.1. The maximum absolute atomic E-state index is 13.5. The van der Waals surface area contributed by atoms with Crippen LogP contribution in [0, 0.1) is 14.5 Å². The lowest BCUT2D eigenvalue weighted by molar-refractivity contribution is 0.587. The number of alkyl halides is 1. The van der Waals surface area contributed by atoms with Crippen LogP contribution in [0.1, 0.15) is 16.5 Å². The van der Waals surface area contributed by atoms with Crippen LogP contribution >= 0.6 is 45.5 Å². The van der Waals surface area contributed by atoms with Crippen LogP contribution in [0.2, 0.25) is 0 Å². The molecule has 0 fully saturated rings. The molecule has 2 aromatic rings. The number of hydrogen-bond acceptors (Lipinski definition) is 1. The fourth-order valence-electron chi connectivity index (χ4n) is 1.34. The smallest absolute Gasteiger partial charge is 0.128 e. The molecule has 0 aliphatic carbocycles. The number of thiophene rings is 1. The Hall–Kier alpha value is -0.200. The summed E-state index contributed by atoms with van der Waals surface area (Å²) in [5.41, 5.74) is 0.969. The maximum atomic E-state index is 13.5. The maximum Gasteiger partial charge on any atom is 0.128 e. The quantitative estimate of drug-likeness (QED) is 0.518. The molecule has 5 heteroatoms. The van der Waals surface area contributed by atoms with E-state index >= 15 is 0 Å². The minimum atomic E-state index is -0.643. The molecule has 1 heterocycles. The molecule has 0 saturated heterocycles. The molecule has 0 aliphatic heterocycles. The van der Waals surface area contributed by atoms with Crippen molar-refractivity contribution in [2.75, 3.05) is 0 Å². The summed E-state index contributed by atoms with van der Waals surface area (Å²) in [7, 11) is 0. The third kappa shape index (κ3) is 2.55. The van der Waals surface area contributed by atoms with E-state index in [2.05, 4.69) is 22.6 Å². The Morgan fingerprint density at radius 1 is 1.25 bits per heavy atom. The molecule has 16 heavy (non-hydrogen) atoms. The minimum absolute atomic E-state index is 0.177. The van der Waals surface area contributed by atoms with Gasteiger partial charge in [-0.1, -0.05) is 0 Å². The van der Waals surface area contributed by atoms with E-state index in [0.717, 1.165) is 26.6 Å². The Morgan fingerprint density at radius 2 is 2.00 bits per heavy atom. The van der Waals surface area contributed by atoms with Crippen molar-refractivity contribution < 1.29 is 8.78 Å². The molecule has 0 spiro atoms. The van der Waals surface area contributed by atoms with Gasteiger partial charge in [0.1, 0.15) is 11.6 Å². The zero-order chi connectivity index (χ0) is 11.7. The van der Waals surface area contributed by atoms with Crippen molar-refractivity contribution in [1.29, 1.82) is 0 Å². The van der Waals surface area contributed by atoms with Gasteiger partial charge in [0.05, 0.1) is 8.26 Å². The summed E-state index contributed by atoms with van der Waals surface area (Å²) in [5, 5.41) is 1.21. The van der Waals surface area contributed by atoms with Crippen molar-refractivity contribution in [3.05, 3.63) is 55.3 Å². The summed E-state index contributed by atoms with van der Waals surface area (Å²) in [5.74, 6) is -0.963. The van der Waals surface area contributed by atoms with Gasteiger partial charge in [-0.3, -0.25) is 0 Å². The normalized spacial score (nSPS) is 12.8. The lowest BCUT2D eigenvalue weighted by Crippen LogP contribution is -1.96. The number of rotatable bonds is 2. The predicted octanol–water partition coefficient (Wildman–Crippen LogP) is 4.96. The Bertz CT molecular complexity index is 512. The second-order valence-electron chi connectivity index (χ2n) is 3.21. The first-order valence-corrected chi connectivity index (χ1v) is 6.80. The predicted molar refractivity (Wildman–Crippen MR) is 71.1 cm³/mol. The second-order valence-corrected chi connectivity index (χ2v) is 6.45. The minimum Gasteiger partial charge on any atom is -0.207 e. The first kappa shape index (κ1) is 12.3. The highest BCUT2D eigenvalue weighted by Crippen LogP contribution is 2.33. The van der Waals surface area contributed by atoms with Crippen molar-refractivity contribution in [2.24, 2.45) is 0 Å². The average Bonchev–Trinajstić information content (AvgIpc) is 2.67. The summed E-state index contributed by atoms with van der Waals surface area (Å²) in [6.07, 6.45) is 0. The largest absolute Gasteiger partial charge is 0.207 e. The zero-order valence-corrected chi connectivity index (χ0v) is 11.6. The van der Waals surface area contributed by atoms with Gasteiger partial charge in [-0.2, -0.15) is 0 Å². The van der Waals surface area contributed by atoms with Crippen molar-refractivity contribution >= 4 is 45.5 Å². The fourth-order valence-corrected chi connectivity index (χ4v) is 3.11. The van der Waals surface area contributed by atoms with Gasteiger partial charge in [-0.15, -0.1) is 22.9 Å². The fraction of sp³-hybridized carbons (Fsp3) is 0.0909. The van der Waals surface area contributed by atoms with E-state index in [-0.39, 0.29) is 5.56 Å². The van der Waals surface area contributed by atoms with Crippen LogP contribution < -0.4 is 0 Å². The third-order valence-corrected chi connectivity index (χ3v) is 4.41. The van der Waals surface area contributed by atoms with Gasteiger partial charge < -0.3 is 0 Å². The average molecular weight is 371 g/mol. The Balaban J connectivity index is 2.40. The molecule has 0 radical (unpaired) electrons. The summed E-state index contributed by atoms with van der Waals surface area (Å²) < 4.78 is 27.5. The number of halogens is 4. The van der Waals surface area contributed by atoms with E-state index in [4.69, 9.17) is 11.6 Å². The molecule has 0 N–H and O–H groups in total. The first-order chi connectivity index (χ1) is 7.58. The first-order valence-electron chi connectivity index (χ1n) is 4.41. The Kier molecular flexibility index (Phi) is 3.81. The summed E-state index contributed by atoms with van der Waals surface area (Å²) in [4.78, 5) is 0. The van der Waals surface area contributed by atoms with E-state index in [1.165, 1.54) is 11.3 Å². The Morgan fingerprint density at radius 3 is 2.62 bits per heavy atom. The van der Waals surface area contributed by atoms with E-state index < -0.39 is 17.0 Å².